The van der Waals surface area contributed by atoms with E-state index in [-0.39, 0.29) is 50.6 Å². The number of carboxylic acids is 1. The Balaban J connectivity index is 1.58. The summed E-state index contributed by atoms with van der Waals surface area (Å²) >= 11 is 0. The number of Topliss-reactive ketones (excluding diaryl/α,β-unsaturated/α-hetero) is 1. The molecule has 0 radical (unpaired) electrons. The highest BCUT2D eigenvalue weighted by atomic mass is 19.1. The Hall–Kier alpha value is -1.97. The number of aliphatic carboxylic acids is 1. The third-order valence-electron chi connectivity index (χ3n) is 13.8. The van der Waals surface area contributed by atoms with E-state index in [1.54, 1.807) is 6.07 Å². The van der Waals surface area contributed by atoms with E-state index in [4.69, 9.17) is 0 Å². The number of halogens is 1. The highest BCUT2D eigenvalue weighted by Gasteiger charge is 2.68. The van der Waals surface area contributed by atoms with E-state index in [9.17, 15) is 19.1 Å². The average molecular weight is 549 g/mol. The van der Waals surface area contributed by atoms with Crippen LogP contribution in [0.15, 0.2) is 29.8 Å². The molecule has 1 aromatic carbocycles. The molecule has 7 unspecified atom stereocenters. The molecule has 3 nitrogen and oxygen atoms in total. The van der Waals surface area contributed by atoms with Crippen LogP contribution in [0.5, 0.6) is 0 Å². The number of rotatable bonds is 2. The maximum Gasteiger partial charge on any atom is 0.306 e. The van der Waals surface area contributed by atoms with Crippen LogP contribution in [0.1, 0.15) is 112 Å². The van der Waals surface area contributed by atoms with Gasteiger partial charge in [-0.3, -0.25) is 9.59 Å². The molecule has 1 aromatic rings. The maximum absolute atomic E-state index is 14.8. The van der Waals surface area contributed by atoms with Crippen LogP contribution in [0.2, 0.25) is 0 Å². The summed E-state index contributed by atoms with van der Waals surface area (Å²) in [6.07, 6.45) is 8.29. The second-order valence-electron chi connectivity index (χ2n) is 16.5. The quantitative estimate of drug-likeness (QED) is 0.401. The third-order valence-corrected chi connectivity index (χ3v) is 13.8. The summed E-state index contributed by atoms with van der Waals surface area (Å²) in [5, 5.41) is 10.4. The number of hydrogen-bond donors (Lipinski definition) is 1. The van der Waals surface area contributed by atoms with Crippen LogP contribution < -0.4 is 0 Å². The monoisotopic (exact) mass is 548 g/mol. The molecular weight excluding hydrogens is 499 g/mol. The minimum absolute atomic E-state index is 0.0316. The minimum atomic E-state index is -0.652. The molecule has 0 saturated heterocycles. The van der Waals surface area contributed by atoms with E-state index in [1.165, 1.54) is 17.2 Å². The number of carbonyl (C=O) groups is 2. The van der Waals surface area contributed by atoms with Crippen molar-refractivity contribution in [2.45, 2.75) is 106 Å². The van der Waals surface area contributed by atoms with Crippen molar-refractivity contribution >= 4 is 17.3 Å². The lowest BCUT2D eigenvalue weighted by Gasteiger charge is -2.70. The van der Waals surface area contributed by atoms with Crippen LogP contribution in [0.3, 0.4) is 0 Å². The van der Waals surface area contributed by atoms with Crippen molar-refractivity contribution in [2.75, 3.05) is 0 Å². The first-order valence-electron chi connectivity index (χ1n) is 15.8. The average Bonchev–Trinajstić information content (AvgIpc) is 2.85. The molecule has 0 spiro atoms. The highest BCUT2D eigenvalue weighted by Crippen LogP contribution is 2.76. The van der Waals surface area contributed by atoms with Gasteiger partial charge in [0, 0.05) is 11.8 Å². The Labute approximate surface area is 240 Å². The summed E-state index contributed by atoms with van der Waals surface area (Å²) in [6.45, 7) is 16.4. The fourth-order valence-electron chi connectivity index (χ4n) is 11.7. The molecule has 5 aliphatic carbocycles. The van der Waals surface area contributed by atoms with Gasteiger partial charge in [0.05, 0.1) is 5.92 Å². The standard InChI is InChI=1S/C36H49FO3/c1-32(2)19-25-23(26(20-32)31(39)40)11-15-36(7)30(25)24(21-9-8-10-22(37)17-21)18-28-34(5)14-13-29(38)33(3,4)27(34)12-16-35(28,36)6/h8-10,17,23,25-28H,11-16,18-20H2,1-7H3,(H,39,40)/t23?,25?,26-,27?,28?,34?,35?,36?/m1/s1. The molecule has 218 valence electrons. The SMILES string of the molecule is CC1(C)CC2C3=C(c4cccc(F)c4)CC4C5(C)CCC(=O)C(C)(C)C5CCC4(C)C3(C)CCC2[C@H](C(=O)O)C1. The summed E-state index contributed by atoms with van der Waals surface area (Å²) in [5.41, 5.74) is 3.34. The van der Waals surface area contributed by atoms with Crippen molar-refractivity contribution in [3.05, 3.63) is 41.2 Å². The molecule has 4 heteroatoms. The predicted octanol–water partition coefficient (Wildman–Crippen LogP) is 8.96. The van der Waals surface area contributed by atoms with Crippen molar-refractivity contribution in [3.63, 3.8) is 0 Å². The number of allylic oxidation sites excluding steroid dienone is 2. The molecular formula is C36H49FO3. The number of hydrogen-bond acceptors (Lipinski definition) is 2. The highest BCUT2D eigenvalue weighted by molar-refractivity contribution is 5.85. The molecule has 0 aromatic heterocycles. The molecule has 4 saturated carbocycles. The number of ketones is 1. The van der Waals surface area contributed by atoms with Crippen molar-refractivity contribution in [2.24, 2.45) is 56.7 Å². The topological polar surface area (TPSA) is 54.4 Å². The Morgan fingerprint density at radius 2 is 1.68 bits per heavy atom. The summed E-state index contributed by atoms with van der Waals surface area (Å²) in [5.74, 6) is 0.292. The molecule has 0 amide bonds. The van der Waals surface area contributed by atoms with Crippen molar-refractivity contribution in [3.8, 4) is 0 Å². The van der Waals surface area contributed by atoms with Gasteiger partial charge in [0.15, 0.2) is 0 Å². The van der Waals surface area contributed by atoms with Crippen molar-refractivity contribution in [1.29, 1.82) is 0 Å². The summed E-state index contributed by atoms with van der Waals surface area (Å²) < 4.78 is 14.8. The first-order valence-corrected chi connectivity index (χ1v) is 15.8. The Morgan fingerprint density at radius 3 is 2.35 bits per heavy atom. The van der Waals surface area contributed by atoms with E-state index >= 15 is 0 Å². The predicted molar refractivity (Wildman–Crippen MR) is 157 cm³/mol. The van der Waals surface area contributed by atoms with E-state index in [0.29, 0.717) is 24.0 Å². The molecule has 4 fully saturated rings. The molecule has 0 heterocycles. The first kappa shape index (κ1) is 28.2. The van der Waals surface area contributed by atoms with Gasteiger partial charge in [-0.25, -0.2) is 4.39 Å². The lowest BCUT2D eigenvalue weighted by Crippen LogP contribution is -2.64. The molecule has 1 N–H and O–H groups in total. The Bertz CT molecular complexity index is 1290. The number of fused-ring (bicyclic) bond motifs is 7. The van der Waals surface area contributed by atoms with Crippen molar-refractivity contribution in [1.82, 2.24) is 0 Å². The number of carbonyl (C=O) groups excluding carboxylic acids is 1. The normalized spacial score (nSPS) is 43.7. The Kier molecular flexibility index (Phi) is 6.18. The van der Waals surface area contributed by atoms with E-state index in [2.05, 4.69) is 54.5 Å². The molecule has 6 rings (SSSR count). The molecule has 0 bridgehead atoms. The van der Waals surface area contributed by atoms with Crippen LogP contribution in [0.4, 0.5) is 4.39 Å². The zero-order chi connectivity index (χ0) is 29.0. The number of carboxylic acid groups (broad SMARTS) is 1. The van der Waals surface area contributed by atoms with Gasteiger partial charge in [0.25, 0.3) is 0 Å². The lowest BCUT2D eigenvalue weighted by molar-refractivity contribution is -0.182. The fourth-order valence-corrected chi connectivity index (χ4v) is 11.7. The second-order valence-corrected chi connectivity index (χ2v) is 16.5. The lowest BCUT2D eigenvalue weighted by atomic mass is 9.33. The zero-order valence-corrected chi connectivity index (χ0v) is 25.7. The summed E-state index contributed by atoms with van der Waals surface area (Å²) in [6, 6.07) is 7.16. The van der Waals surface area contributed by atoms with Gasteiger partial charge in [-0.1, -0.05) is 66.2 Å². The van der Waals surface area contributed by atoms with E-state index < -0.39 is 5.97 Å². The maximum atomic E-state index is 14.8. The van der Waals surface area contributed by atoms with Crippen LogP contribution >= 0.6 is 0 Å². The minimum Gasteiger partial charge on any atom is -0.481 e. The molecule has 8 atom stereocenters. The van der Waals surface area contributed by atoms with Gasteiger partial charge < -0.3 is 5.11 Å². The van der Waals surface area contributed by atoms with E-state index in [0.717, 1.165) is 56.9 Å². The van der Waals surface area contributed by atoms with Gasteiger partial charge >= 0.3 is 5.97 Å². The molecule has 0 aliphatic heterocycles. The first-order chi connectivity index (χ1) is 18.5. The zero-order valence-electron chi connectivity index (χ0n) is 25.7. The van der Waals surface area contributed by atoms with E-state index in [1.807, 2.05) is 6.07 Å². The summed E-state index contributed by atoms with van der Waals surface area (Å²) in [7, 11) is 0. The Morgan fingerprint density at radius 1 is 0.950 bits per heavy atom. The molecule has 40 heavy (non-hydrogen) atoms. The van der Waals surface area contributed by atoms with Gasteiger partial charge in [-0.15, -0.1) is 0 Å². The van der Waals surface area contributed by atoms with Crippen LogP contribution in [0.25, 0.3) is 5.57 Å². The van der Waals surface area contributed by atoms with Gasteiger partial charge in [-0.05, 0) is 120 Å². The number of benzene rings is 1. The second kappa shape index (κ2) is 8.77. The van der Waals surface area contributed by atoms with Crippen molar-refractivity contribution < 1.29 is 19.1 Å². The molecule has 5 aliphatic rings. The largest absolute Gasteiger partial charge is 0.481 e. The van der Waals surface area contributed by atoms with Crippen LogP contribution in [-0.4, -0.2) is 16.9 Å². The van der Waals surface area contributed by atoms with Gasteiger partial charge in [0.1, 0.15) is 11.6 Å². The fraction of sp³-hybridized carbons (Fsp3) is 0.722. The van der Waals surface area contributed by atoms with Crippen LogP contribution in [-0.2, 0) is 9.59 Å². The van der Waals surface area contributed by atoms with Crippen LogP contribution in [0, 0.1) is 62.5 Å². The summed E-state index contributed by atoms with van der Waals surface area (Å²) in [4.78, 5) is 25.8. The van der Waals surface area contributed by atoms with Gasteiger partial charge in [-0.2, -0.15) is 0 Å². The third kappa shape index (κ3) is 3.72. The van der Waals surface area contributed by atoms with Gasteiger partial charge in [0.2, 0.25) is 0 Å². The smallest absolute Gasteiger partial charge is 0.306 e.